The molecule has 2 heterocycles. The molecule has 1 saturated heterocycles. The van der Waals surface area contributed by atoms with Crippen LogP contribution in [0.4, 0.5) is 0 Å². The fraction of sp³-hybridized carbons (Fsp3) is 0.348. The minimum absolute atomic E-state index is 0.0374. The minimum Gasteiger partial charge on any atom is -0.493 e. The van der Waals surface area contributed by atoms with Crippen molar-refractivity contribution in [1.82, 2.24) is 14.0 Å². The molecule has 0 unspecified atom stereocenters. The SMILES string of the molecule is Cn1cc(O)n(-c2ccc(O[C@H]3c4cc(Cl)cc(Cl)c4C[C@@H]3N3CC[C@@H](O)C3)c(Cl)c2)c1=O. The Kier molecular flexibility index (Phi) is 5.87. The van der Waals surface area contributed by atoms with E-state index < -0.39 is 6.10 Å². The third-order valence-corrected chi connectivity index (χ3v) is 7.24. The standard InChI is InChI=1S/C23H22Cl3N3O4/c1-27-11-21(31)29(23(27)32)13-2-3-20(18(26)8-13)33-22-16-6-12(24)7-17(25)15(16)9-19(22)28-5-4-14(30)10-28/h2-3,6-8,11,14,19,22,30-31H,4-5,9-10H2,1H3/t14-,19+,22+/m1/s1. The molecule has 1 aromatic heterocycles. The number of aromatic nitrogens is 2. The number of β-amino-alcohol motifs (C(OH)–C–C–N with tert-alkyl or cyclic N) is 1. The molecule has 3 atom stereocenters. The molecule has 7 nitrogen and oxygen atoms in total. The molecule has 2 N–H and O–H groups in total. The van der Waals surface area contributed by atoms with Crippen molar-refractivity contribution in [3.05, 3.63) is 73.2 Å². The van der Waals surface area contributed by atoms with Crippen LogP contribution in [0.2, 0.25) is 15.1 Å². The highest BCUT2D eigenvalue weighted by Gasteiger charge is 2.41. The summed E-state index contributed by atoms with van der Waals surface area (Å²) in [7, 11) is 1.56. The van der Waals surface area contributed by atoms with E-state index in [0.717, 1.165) is 22.2 Å². The summed E-state index contributed by atoms with van der Waals surface area (Å²) >= 11 is 19.4. The van der Waals surface area contributed by atoms with Crippen LogP contribution >= 0.6 is 34.8 Å². The molecule has 3 aromatic rings. The second-order valence-electron chi connectivity index (χ2n) is 8.53. The number of halogens is 3. The minimum atomic E-state index is -0.391. The van der Waals surface area contributed by atoms with Crippen LogP contribution in [0.3, 0.4) is 0 Å². The van der Waals surface area contributed by atoms with Gasteiger partial charge < -0.3 is 14.9 Å². The largest absolute Gasteiger partial charge is 0.493 e. The number of aryl methyl sites for hydroxylation is 1. The third-order valence-electron chi connectivity index (χ3n) is 6.39. The summed E-state index contributed by atoms with van der Waals surface area (Å²) in [5.74, 6) is 0.247. The summed E-state index contributed by atoms with van der Waals surface area (Å²) in [6.07, 6.45) is 1.95. The van der Waals surface area contributed by atoms with Gasteiger partial charge in [0.2, 0.25) is 5.88 Å². The molecule has 5 rings (SSSR count). The Bertz CT molecular complexity index is 1290. The van der Waals surface area contributed by atoms with Gasteiger partial charge in [-0.3, -0.25) is 9.47 Å². The van der Waals surface area contributed by atoms with E-state index in [4.69, 9.17) is 39.5 Å². The normalized spacial score (nSPS) is 22.6. The van der Waals surface area contributed by atoms with E-state index in [1.807, 2.05) is 6.07 Å². The van der Waals surface area contributed by atoms with Crippen molar-refractivity contribution < 1.29 is 14.9 Å². The number of aromatic hydroxyl groups is 1. The van der Waals surface area contributed by atoms with E-state index in [1.54, 1.807) is 31.3 Å². The van der Waals surface area contributed by atoms with Crippen LogP contribution in [0, 0.1) is 0 Å². The van der Waals surface area contributed by atoms with Crippen LogP contribution in [0.5, 0.6) is 11.6 Å². The van der Waals surface area contributed by atoms with E-state index >= 15 is 0 Å². The molecular formula is C23H22Cl3N3O4. The van der Waals surface area contributed by atoms with Crippen LogP contribution in [0.15, 0.2) is 41.3 Å². The summed E-state index contributed by atoms with van der Waals surface area (Å²) in [6, 6.07) is 8.47. The lowest BCUT2D eigenvalue weighted by Gasteiger charge is -2.30. The fourth-order valence-electron chi connectivity index (χ4n) is 4.79. The predicted octanol–water partition coefficient (Wildman–Crippen LogP) is 3.95. The summed E-state index contributed by atoms with van der Waals surface area (Å²) in [6.45, 7) is 1.32. The van der Waals surface area contributed by atoms with Gasteiger partial charge in [0, 0.05) is 35.7 Å². The molecule has 1 fully saturated rings. The van der Waals surface area contributed by atoms with Gasteiger partial charge >= 0.3 is 5.69 Å². The number of hydrogen-bond donors (Lipinski definition) is 2. The predicted molar refractivity (Wildman–Crippen MR) is 127 cm³/mol. The van der Waals surface area contributed by atoms with Gasteiger partial charge in [0.1, 0.15) is 11.9 Å². The Morgan fingerprint density at radius 3 is 2.55 bits per heavy atom. The van der Waals surface area contributed by atoms with Gasteiger partial charge in [-0.15, -0.1) is 0 Å². The van der Waals surface area contributed by atoms with Gasteiger partial charge in [-0.2, -0.15) is 0 Å². The lowest BCUT2D eigenvalue weighted by Crippen LogP contribution is -2.39. The van der Waals surface area contributed by atoms with Gasteiger partial charge in [-0.05, 0) is 48.7 Å². The van der Waals surface area contributed by atoms with Crippen LogP contribution in [-0.4, -0.2) is 49.5 Å². The lowest BCUT2D eigenvalue weighted by atomic mass is 10.1. The molecule has 174 valence electrons. The van der Waals surface area contributed by atoms with E-state index in [2.05, 4.69) is 4.90 Å². The van der Waals surface area contributed by atoms with Crippen molar-refractivity contribution in [2.75, 3.05) is 13.1 Å². The summed E-state index contributed by atoms with van der Waals surface area (Å²) in [5.41, 5.74) is 1.91. The van der Waals surface area contributed by atoms with Crippen LogP contribution in [-0.2, 0) is 13.5 Å². The number of fused-ring (bicyclic) bond motifs is 1. The Hall–Kier alpha value is -2.16. The summed E-state index contributed by atoms with van der Waals surface area (Å²) < 4.78 is 8.88. The second kappa shape index (κ2) is 8.56. The first kappa shape index (κ1) is 22.6. The van der Waals surface area contributed by atoms with Crippen LogP contribution in [0.25, 0.3) is 5.69 Å². The maximum atomic E-state index is 12.3. The van der Waals surface area contributed by atoms with E-state index in [1.165, 1.54) is 10.8 Å². The second-order valence-corrected chi connectivity index (χ2v) is 9.78. The molecule has 1 aliphatic heterocycles. The average Bonchev–Trinajstić information content (AvgIpc) is 3.40. The topological polar surface area (TPSA) is 79.9 Å². The first-order valence-corrected chi connectivity index (χ1v) is 11.7. The lowest BCUT2D eigenvalue weighted by molar-refractivity contribution is 0.0819. The molecule has 0 saturated carbocycles. The van der Waals surface area contributed by atoms with Crippen molar-refractivity contribution in [1.29, 1.82) is 0 Å². The molecule has 2 aromatic carbocycles. The van der Waals surface area contributed by atoms with E-state index in [-0.39, 0.29) is 23.7 Å². The Morgan fingerprint density at radius 2 is 1.91 bits per heavy atom. The van der Waals surface area contributed by atoms with Crippen molar-refractivity contribution in [2.24, 2.45) is 7.05 Å². The van der Waals surface area contributed by atoms with Gasteiger partial charge in [-0.25, -0.2) is 9.36 Å². The van der Waals surface area contributed by atoms with E-state index in [0.29, 0.717) is 45.9 Å². The van der Waals surface area contributed by atoms with Gasteiger partial charge in [-0.1, -0.05) is 34.8 Å². The molecule has 0 amide bonds. The number of nitrogens with zero attached hydrogens (tertiary/aromatic N) is 3. The van der Waals surface area contributed by atoms with Crippen molar-refractivity contribution in [3.63, 3.8) is 0 Å². The van der Waals surface area contributed by atoms with Crippen LogP contribution in [0.1, 0.15) is 23.7 Å². The maximum absolute atomic E-state index is 12.3. The van der Waals surface area contributed by atoms with Gasteiger partial charge in [0.15, 0.2) is 0 Å². The Balaban J connectivity index is 1.50. The quantitative estimate of drug-likeness (QED) is 0.556. The Labute approximate surface area is 205 Å². The highest BCUT2D eigenvalue weighted by molar-refractivity contribution is 6.35. The fourth-order valence-corrected chi connectivity index (χ4v) is 5.60. The molecule has 33 heavy (non-hydrogen) atoms. The van der Waals surface area contributed by atoms with Crippen molar-refractivity contribution in [3.8, 4) is 17.3 Å². The number of benzene rings is 2. The molecule has 2 aliphatic rings. The molecule has 10 heteroatoms. The highest BCUT2D eigenvalue weighted by Crippen LogP contribution is 2.44. The van der Waals surface area contributed by atoms with Gasteiger partial charge in [0.25, 0.3) is 0 Å². The smallest absolute Gasteiger partial charge is 0.335 e. The first-order valence-electron chi connectivity index (χ1n) is 10.6. The molecule has 0 spiro atoms. The zero-order chi connectivity index (χ0) is 23.4. The van der Waals surface area contributed by atoms with Crippen molar-refractivity contribution >= 4 is 34.8 Å². The number of aliphatic hydroxyl groups is 1. The van der Waals surface area contributed by atoms with Gasteiger partial charge in [0.05, 0.1) is 29.1 Å². The Morgan fingerprint density at radius 1 is 1.12 bits per heavy atom. The zero-order valence-electron chi connectivity index (χ0n) is 17.7. The average molecular weight is 511 g/mol. The number of likely N-dealkylation sites (tertiary alicyclic amines) is 1. The third kappa shape index (κ3) is 4.02. The molecular weight excluding hydrogens is 489 g/mol. The monoisotopic (exact) mass is 509 g/mol. The maximum Gasteiger partial charge on any atom is 0.335 e. The highest BCUT2D eigenvalue weighted by atomic mass is 35.5. The first-order chi connectivity index (χ1) is 15.7. The molecule has 0 bridgehead atoms. The zero-order valence-corrected chi connectivity index (χ0v) is 20.0. The molecule has 1 aliphatic carbocycles. The van der Waals surface area contributed by atoms with E-state index in [9.17, 15) is 15.0 Å². The number of rotatable bonds is 4. The number of ether oxygens (including phenoxy) is 1. The van der Waals surface area contributed by atoms with Crippen molar-refractivity contribution in [2.45, 2.75) is 31.1 Å². The molecule has 0 radical (unpaired) electrons. The number of hydrogen-bond acceptors (Lipinski definition) is 5. The summed E-state index contributed by atoms with van der Waals surface area (Å²) in [4.78, 5) is 14.5. The van der Waals surface area contributed by atoms with Crippen LogP contribution < -0.4 is 10.4 Å². The number of imidazole rings is 1. The summed E-state index contributed by atoms with van der Waals surface area (Å²) in [5, 5.41) is 21.6. The number of aliphatic hydroxyl groups excluding tert-OH is 1.